The number of nitrogens with zero attached hydrogens (tertiary/aromatic N) is 3. The average molecular weight is 600 g/mol. The molecule has 2 aliphatic rings. The van der Waals surface area contributed by atoms with Gasteiger partial charge in [0.1, 0.15) is 30.8 Å². The van der Waals surface area contributed by atoms with Gasteiger partial charge in [0.2, 0.25) is 0 Å². The fourth-order valence-electron chi connectivity index (χ4n) is 4.50. The number of H-pyrrole nitrogens is 1. The highest BCUT2D eigenvalue weighted by Gasteiger charge is 2.43. The molecule has 4 rings (SSSR count). The van der Waals surface area contributed by atoms with Crippen LogP contribution >= 0.6 is 7.82 Å². The number of aliphatic hydroxyl groups is 2. The van der Waals surface area contributed by atoms with E-state index in [9.17, 15) is 39.2 Å². The lowest BCUT2D eigenvalue weighted by atomic mass is 10.2. The highest BCUT2D eigenvalue weighted by Crippen LogP contribution is 2.49. The van der Waals surface area contributed by atoms with Gasteiger partial charge in [0, 0.05) is 37.3 Å². The minimum Gasteiger partial charge on any atom is -0.858 e. The van der Waals surface area contributed by atoms with Crippen LogP contribution in [0, 0.1) is 6.92 Å². The van der Waals surface area contributed by atoms with Gasteiger partial charge >= 0.3 is 19.2 Å². The van der Waals surface area contributed by atoms with Gasteiger partial charge in [0.25, 0.3) is 5.56 Å². The number of nitrogens with one attached hydrogen (secondary N) is 1. The highest BCUT2D eigenvalue weighted by atomic mass is 31.2. The number of rotatable bonds is 11. The smallest absolute Gasteiger partial charge is 0.472 e. The predicted molar refractivity (Wildman–Crippen MR) is 137 cm³/mol. The molecule has 0 bridgehead atoms. The van der Waals surface area contributed by atoms with Crippen molar-refractivity contribution in [1.29, 1.82) is 0 Å². The standard InChI is InChI=1S/C23H32N5O12P/c1-12-8-27(22(33)25-20(12)31)19-7-15(16(10-29)38-19)40-41(35,36)37-11-17-14(30)6-18(39-17)28-9-13(4-2-3-5-24)21(32)26-23(28)34/h2-3,8-9,14-19,29-30H,4-7,10-11,24H2,1H3,(H,35,36)(H,25,31,33)(H,26,32,34)/p-1/b3-2+/t14-,15-,16+,17+,18+,19+/m0/s1. The van der Waals surface area contributed by atoms with Gasteiger partial charge in [-0.05, 0) is 24.8 Å². The first-order chi connectivity index (χ1) is 19.4. The molecular formula is C23H31N5O12P-. The minimum absolute atomic E-state index is 0.0796. The molecule has 2 saturated heterocycles. The van der Waals surface area contributed by atoms with Crippen molar-refractivity contribution < 1.29 is 43.3 Å². The molecule has 6 N–H and O–H groups in total. The van der Waals surface area contributed by atoms with Gasteiger partial charge in [0.15, 0.2) is 0 Å². The molecule has 17 nitrogen and oxygen atoms in total. The van der Waals surface area contributed by atoms with Crippen molar-refractivity contribution in [3.63, 3.8) is 0 Å². The zero-order valence-electron chi connectivity index (χ0n) is 21.9. The summed E-state index contributed by atoms with van der Waals surface area (Å²) >= 11 is 0. The summed E-state index contributed by atoms with van der Waals surface area (Å²) in [6.07, 6.45) is -0.846. The SMILES string of the molecule is Cc1cn([C@H]2C[C@H](OP(=O)(O)OC[C@H]3O[C@@H](n4cc(C/C=C/CN)c(=O)[nH]c4=O)C[C@@H]3O)[C@@H](CO)O2)c(=O)nc1[O-]. The average Bonchev–Trinajstić information content (AvgIpc) is 3.48. The van der Waals surface area contributed by atoms with Crippen molar-refractivity contribution in [3.8, 4) is 5.88 Å². The van der Waals surface area contributed by atoms with Crippen molar-refractivity contribution in [2.75, 3.05) is 19.8 Å². The van der Waals surface area contributed by atoms with E-state index in [2.05, 4.69) is 9.97 Å². The van der Waals surface area contributed by atoms with Crippen molar-refractivity contribution in [2.24, 2.45) is 5.73 Å². The van der Waals surface area contributed by atoms with Crippen molar-refractivity contribution in [1.82, 2.24) is 19.1 Å². The predicted octanol–water partition coefficient (Wildman–Crippen LogP) is -2.34. The Morgan fingerprint density at radius 1 is 1.20 bits per heavy atom. The number of aromatic nitrogens is 4. The number of hydrogen-bond donors (Lipinski definition) is 5. The Balaban J connectivity index is 1.39. The number of aryl methyl sites for hydroxylation is 1. The van der Waals surface area contributed by atoms with Gasteiger partial charge in [-0.2, -0.15) is 0 Å². The lowest BCUT2D eigenvalue weighted by molar-refractivity contribution is -0.276. The van der Waals surface area contributed by atoms with Gasteiger partial charge in [-0.15, -0.1) is 0 Å². The molecule has 0 aromatic carbocycles. The summed E-state index contributed by atoms with van der Waals surface area (Å²) in [5, 5.41) is 31.7. The number of phosphoric ester groups is 1. The van der Waals surface area contributed by atoms with Crippen LogP contribution in [0.15, 0.2) is 38.9 Å². The molecular weight excluding hydrogens is 569 g/mol. The highest BCUT2D eigenvalue weighted by molar-refractivity contribution is 7.47. The van der Waals surface area contributed by atoms with E-state index in [1.54, 1.807) is 12.2 Å². The normalized spacial score (nSPS) is 27.9. The summed E-state index contributed by atoms with van der Waals surface area (Å²) < 4.78 is 36.3. The summed E-state index contributed by atoms with van der Waals surface area (Å²) in [4.78, 5) is 52.5. The molecule has 1 unspecified atom stereocenters. The maximum absolute atomic E-state index is 12.7. The van der Waals surface area contributed by atoms with Gasteiger partial charge in [-0.1, -0.05) is 12.2 Å². The summed E-state index contributed by atoms with van der Waals surface area (Å²) in [6.45, 7) is 0.499. The number of allylic oxidation sites excluding steroid dienone is 1. The van der Waals surface area contributed by atoms with Crippen molar-refractivity contribution >= 4 is 7.82 Å². The topological polar surface area (TPSA) is 254 Å². The fourth-order valence-corrected chi connectivity index (χ4v) is 5.46. The maximum atomic E-state index is 12.7. The van der Waals surface area contributed by atoms with Crippen LogP contribution in [0.5, 0.6) is 5.88 Å². The monoisotopic (exact) mass is 600 g/mol. The van der Waals surface area contributed by atoms with Crippen molar-refractivity contribution in [2.45, 2.75) is 63.1 Å². The second-order valence-electron chi connectivity index (χ2n) is 9.54. The summed E-state index contributed by atoms with van der Waals surface area (Å²) in [5.41, 5.74) is 3.59. The summed E-state index contributed by atoms with van der Waals surface area (Å²) in [5.74, 6) is -0.701. The zero-order valence-corrected chi connectivity index (χ0v) is 22.8. The lowest BCUT2D eigenvalue weighted by Gasteiger charge is -2.22. The first-order valence-corrected chi connectivity index (χ1v) is 14.1. The molecule has 41 heavy (non-hydrogen) atoms. The summed E-state index contributed by atoms with van der Waals surface area (Å²) in [7, 11) is -4.82. The Bertz CT molecular complexity index is 1490. The molecule has 2 aliphatic heterocycles. The van der Waals surface area contributed by atoms with Crippen LogP contribution < -0.4 is 27.8 Å². The number of hydrogen-bond acceptors (Lipinski definition) is 13. The van der Waals surface area contributed by atoms with Crippen LogP contribution in [-0.2, 0) is 29.5 Å². The van der Waals surface area contributed by atoms with E-state index in [1.165, 1.54) is 19.3 Å². The molecule has 4 heterocycles. The van der Waals surface area contributed by atoms with Gasteiger partial charge < -0.3 is 35.4 Å². The van der Waals surface area contributed by atoms with Crippen molar-refractivity contribution in [3.05, 3.63) is 67.0 Å². The van der Waals surface area contributed by atoms with Crippen LogP contribution in [0.1, 0.15) is 36.4 Å². The van der Waals surface area contributed by atoms with E-state index in [0.717, 1.165) is 9.13 Å². The van der Waals surface area contributed by atoms with E-state index >= 15 is 0 Å². The number of aliphatic hydroxyl groups excluding tert-OH is 2. The van der Waals surface area contributed by atoms with Gasteiger partial charge in [0.05, 0.1) is 19.3 Å². The Hall–Kier alpha value is -2.99. The largest absolute Gasteiger partial charge is 0.858 e. The Morgan fingerprint density at radius 2 is 1.90 bits per heavy atom. The zero-order chi connectivity index (χ0) is 29.9. The van der Waals surface area contributed by atoms with E-state index in [4.69, 9.17) is 24.3 Å². The van der Waals surface area contributed by atoms with Crippen LogP contribution in [-0.4, -0.2) is 78.4 Å². The first-order valence-electron chi connectivity index (χ1n) is 12.6. The third-order valence-corrected chi connectivity index (χ3v) is 7.64. The molecule has 0 saturated carbocycles. The molecule has 2 aromatic rings. The van der Waals surface area contributed by atoms with Crippen LogP contribution in [0.2, 0.25) is 0 Å². The molecule has 18 heteroatoms. The molecule has 0 aliphatic carbocycles. The second kappa shape index (κ2) is 12.9. The third kappa shape index (κ3) is 7.27. The van der Waals surface area contributed by atoms with E-state index in [0.29, 0.717) is 0 Å². The van der Waals surface area contributed by atoms with E-state index in [-0.39, 0.29) is 36.9 Å². The quantitative estimate of drug-likeness (QED) is 0.134. The van der Waals surface area contributed by atoms with Gasteiger partial charge in [-0.25, -0.2) is 19.1 Å². The maximum Gasteiger partial charge on any atom is 0.472 e. The molecule has 0 amide bonds. The number of nitrogens with two attached hydrogens (primary N) is 1. The number of aromatic amines is 1. The third-order valence-electron chi connectivity index (χ3n) is 6.63. The second-order valence-corrected chi connectivity index (χ2v) is 10.9. The van der Waals surface area contributed by atoms with Crippen LogP contribution in [0.25, 0.3) is 0 Å². The number of phosphoric acid groups is 1. The molecule has 7 atom stereocenters. The molecule has 0 spiro atoms. The first kappa shape index (κ1) is 31.0. The molecule has 0 radical (unpaired) electrons. The van der Waals surface area contributed by atoms with Crippen LogP contribution in [0.4, 0.5) is 0 Å². The Labute approximate surface area is 232 Å². The lowest BCUT2D eigenvalue weighted by Crippen LogP contribution is -2.34. The Kier molecular flexibility index (Phi) is 9.73. The fraction of sp³-hybridized carbons (Fsp3) is 0.565. The van der Waals surface area contributed by atoms with Gasteiger partial charge in [-0.3, -0.25) is 28.0 Å². The molecule has 2 fully saturated rings. The summed E-state index contributed by atoms with van der Waals surface area (Å²) in [6, 6.07) is 0. The van der Waals surface area contributed by atoms with E-state index in [1.807, 2.05) is 0 Å². The molecule has 2 aromatic heterocycles. The van der Waals surface area contributed by atoms with E-state index < -0.39 is 80.7 Å². The number of ether oxygens (including phenoxy) is 2. The molecule has 226 valence electrons. The van der Waals surface area contributed by atoms with Crippen LogP contribution in [0.3, 0.4) is 0 Å². The minimum atomic E-state index is -4.82. The Morgan fingerprint density at radius 3 is 2.61 bits per heavy atom.